The Hall–Kier alpha value is -0.860. The Labute approximate surface area is 111 Å². The summed E-state index contributed by atoms with van der Waals surface area (Å²) >= 11 is 0. The Balaban J connectivity index is 2.27. The van der Waals surface area contributed by atoms with Gasteiger partial charge in [-0.2, -0.15) is 0 Å². The van der Waals surface area contributed by atoms with Crippen molar-refractivity contribution in [1.82, 2.24) is 10.2 Å². The maximum atomic E-state index is 3.51. The molecule has 0 bridgehead atoms. The van der Waals surface area contributed by atoms with E-state index in [9.17, 15) is 0 Å². The second kappa shape index (κ2) is 5.02. The summed E-state index contributed by atoms with van der Waals surface area (Å²) in [6.07, 6.45) is 2.33. The van der Waals surface area contributed by atoms with Crippen LogP contribution in [0.1, 0.15) is 44.4 Å². The standard InChI is InChI=1S/C16H26N2/c1-6-16(2,3)18(5)14-11-12-9-7-8-10-13(12)15(14)17-4/h7-10,14-15,17H,6,11H2,1-5H3. The van der Waals surface area contributed by atoms with Crippen molar-refractivity contribution in [2.75, 3.05) is 14.1 Å². The molecule has 2 rings (SSSR count). The minimum atomic E-state index is 0.252. The average molecular weight is 246 g/mol. The highest BCUT2D eigenvalue weighted by molar-refractivity contribution is 5.37. The van der Waals surface area contributed by atoms with E-state index in [0.29, 0.717) is 12.1 Å². The lowest BCUT2D eigenvalue weighted by molar-refractivity contribution is 0.0822. The highest BCUT2D eigenvalue weighted by Crippen LogP contribution is 2.36. The third kappa shape index (κ3) is 2.19. The van der Waals surface area contributed by atoms with Gasteiger partial charge < -0.3 is 5.32 Å². The van der Waals surface area contributed by atoms with Crippen LogP contribution in [0.25, 0.3) is 0 Å². The number of fused-ring (bicyclic) bond motifs is 1. The van der Waals surface area contributed by atoms with Crippen LogP contribution in [-0.4, -0.2) is 30.6 Å². The average Bonchev–Trinajstić information content (AvgIpc) is 2.75. The summed E-state index contributed by atoms with van der Waals surface area (Å²) in [5.74, 6) is 0. The molecule has 0 saturated carbocycles. The van der Waals surface area contributed by atoms with Gasteiger partial charge in [-0.1, -0.05) is 31.2 Å². The summed E-state index contributed by atoms with van der Waals surface area (Å²) < 4.78 is 0. The molecule has 0 amide bonds. The first-order chi connectivity index (χ1) is 8.51. The summed E-state index contributed by atoms with van der Waals surface area (Å²) in [7, 11) is 4.34. The van der Waals surface area contributed by atoms with E-state index in [0.717, 1.165) is 6.42 Å². The highest BCUT2D eigenvalue weighted by Gasteiger charge is 2.38. The van der Waals surface area contributed by atoms with E-state index in [1.54, 1.807) is 0 Å². The van der Waals surface area contributed by atoms with Gasteiger partial charge in [-0.05, 0) is 51.9 Å². The number of rotatable bonds is 4. The van der Waals surface area contributed by atoms with Crippen LogP contribution in [0.2, 0.25) is 0 Å². The van der Waals surface area contributed by atoms with Crippen molar-refractivity contribution in [3.63, 3.8) is 0 Å². The van der Waals surface area contributed by atoms with Crippen molar-refractivity contribution >= 4 is 0 Å². The third-order valence-electron chi connectivity index (χ3n) is 4.83. The zero-order valence-corrected chi connectivity index (χ0v) is 12.3. The van der Waals surface area contributed by atoms with E-state index in [2.05, 4.69) is 69.3 Å². The van der Waals surface area contributed by atoms with Crippen LogP contribution in [0.3, 0.4) is 0 Å². The lowest BCUT2D eigenvalue weighted by atomic mass is 9.95. The first-order valence-electron chi connectivity index (χ1n) is 6.99. The molecular weight excluding hydrogens is 220 g/mol. The van der Waals surface area contributed by atoms with Crippen molar-refractivity contribution in [2.24, 2.45) is 0 Å². The van der Waals surface area contributed by atoms with Gasteiger partial charge in [0, 0.05) is 17.6 Å². The van der Waals surface area contributed by atoms with E-state index < -0.39 is 0 Å². The second-order valence-corrected chi connectivity index (χ2v) is 6.01. The molecule has 0 heterocycles. The van der Waals surface area contributed by atoms with Gasteiger partial charge in [-0.15, -0.1) is 0 Å². The topological polar surface area (TPSA) is 15.3 Å². The molecule has 0 saturated heterocycles. The minimum absolute atomic E-state index is 0.252. The number of nitrogens with zero attached hydrogens (tertiary/aromatic N) is 1. The molecule has 2 atom stereocenters. The maximum Gasteiger partial charge on any atom is 0.0481 e. The summed E-state index contributed by atoms with van der Waals surface area (Å²) in [4.78, 5) is 2.55. The lowest BCUT2D eigenvalue weighted by Crippen LogP contribution is -2.50. The smallest absolute Gasteiger partial charge is 0.0481 e. The number of benzene rings is 1. The zero-order valence-electron chi connectivity index (χ0n) is 12.3. The van der Waals surface area contributed by atoms with Gasteiger partial charge in [0.15, 0.2) is 0 Å². The normalized spacial score (nSPS) is 23.4. The van der Waals surface area contributed by atoms with Crippen LogP contribution >= 0.6 is 0 Å². The van der Waals surface area contributed by atoms with Crippen molar-refractivity contribution in [3.05, 3.63) is 35.4 Å². The Morgan fingerprint density at radius 2 is 2.00 bits per heavy atom. The highest BCUT2D eigenvalue weighted by atomic mass is 15.2. The molecule has 2 unspecified atom stereocenters. The Morgan fingerprint density at radius 1 is 1.33 bits per heavy atom. The number of likely N-dealkylation sites (N-methyl/N-ethyl adjacent to an activating group) is 2. The molecule has 0 aliphatic heterocycles. The molecule has 1 aromatic carbocycles. The summed E-state index contributed by atoms with van der Waals surface area (Å²) in [6, 6.07) is 9.85. The van der Waals surface area contributed by atoms with Gasteiger partial charge in [-0.3, -0.25) is 4.90 Å². The van der Waals surface area contributed by atoms with Crippen LogP contribution < -0.4 is 5.32 Å². The van der Waals surface area contributed by atoms with E-state index >= 15 is 0 Å². The molecule has 1 N–H and O–H groups in total. The van der Waals surface area contributed by atoms with Gasteiger partial charge in [0.05, 0.1) is 0 Å². The first kappa shape index (κ1) is 13.6. The largest absolute Gasteiger partial charge is 0.312 e. The molecule has 0 spiro atoms. The van der Waals surface area contributed by atoms with E-state index in [4.69, 9.17) is 0 Å². The fourth-order valence-electron chi connectivity index (χ4n) is 2.98. The molecule has 1 aliphatic rings. The predicted molar refractivity (Wildman–Crippen MR) is 77.9 cm³/mol. The minimum Gasteiger partial charge on any atom is -0.312 e. The number of hydrogen-bond donors (Lipinski definition) is 1. The number of hydrogen-bond acceptors (Lipinski definition) is 2. The second-order valence-electron chi connectivity index (χ2n) is 6.01. The molecule has 0 radical (unpaired) electrons. The molecule has 0 aromatic heterocycles. The quantitative estimate of drug-likeness (QED) is 0.878. The fraction of sp³-hybridized carbons (Fsp3) is 0.625. The first-order valence-corrected chi connectivity index (χ1v) is 6.99. The monoisotopic (exact) mass is 246 g/mol. The number of nitrogens with one attached hydrogen (secondary N) is 1. The molecule has 0 fully saturated rings. The van der Waals surface area contributed by atoms with Gasteiger partial charge in [0.2, 0.25) is 0 Å². The summed E-state index contributed by atoms with van der Waals surface area (Å²) in [6.45, 7) is 6.94. The van der Waals surface area contributed by atoms with Crippen molar-refractivity contribution in [1.29, 1.82) is 0 Å². The maximum absolute atomic E-state index is 3.51. The molecule has 2 heteroatoms. The zero-order chi connectivity index (χ0) is 13.3. The Kier molecular flexibility index (Phi) is 3.79. The summed E-state index contributed by atoms with van der Waals surface area (Å²) in [5, 5.41) is 3.51. The van der Waals surface area contributed by atoms with Crippen LogP contribution in [0.15, 0.2) is 24.3 Å². The molecule has 18 heavy (non-hydrogen) atoms. The van der Waals surface area contributed by atoms with Gasteiger partial charge in [0.1, 0.15) is 0 Å². The molecule has 1 aromatic rings. The van der Waals surface area contributed by atoms with E-state index in [1.807, 2.05) is 0 Å². The van der Waals surface area contributed by atoms with Gasteiger partial charge >= 0.3 is 0 Å². The summed E-state index contributed by atoms with van der Waals surface area (Å²) in [5.41, 5.74) is 3.23. The Bertz CT molecular complexity index is 411. The van der Waals surface area contributed by atoms with Gasteiger partial charge in [-0.25, -0.2) is 0 Å². The van der Waals surface area contributed by atoms with Crippen molar-refractivity contribution < 1.29 is 0 Å². The SMILES string of the molecule is CCC(C)(C)N(C)C1Cc2ccccc2C1NC. The fourth-order valence-corrected chi connectivity index (χ4v) is 2.98. The van der Waals surface area contributed by atoms with Crippen molar-refractivity contribution in [3.8, 4) is 0 Å². The van der Waals surface area contributed by atoms with E-state index in [-0.39, 0.29) is 5.54 Å². The lowest BCUT2D eigenvalue weighted by Gasteiger charge is -2.41. The van der Waals surface area contributed by atoms with Crippen LogP contribution in [0, 0.1) is 0 Å². The molecular formula is C16H26N2. The molecule has 2 nitrogen and oxygen atoms in total. The van der Waals surface area contributed by atoms with Crippen LogP contribution in [0.5, 0.6) is 0 Å². The predicted octanol–water partition coefficient (Wildman–Crippen LogP) is 2.99. The molecule has 1 aliphatic carbocycles. The Morgan fingerprint density at radius 3 is 2.61 bits per heavy atom. The third-order valence-corrected chi connectivity index (χ3v) is 4.83. The van der Waals surface area contributed by atoms with Crippen LogP contribution in [0.4, 0.5) is 0 Å². The van der Waals surface area contributed by atoms with Crippen molar-refractivity contribution in [2.45, 2.75) is 51.2 Å². The van der Waals surface area contributed by atoms with Crippen LogP contribution in [-0.2, 0) is 6.42 Å². The molecule has 100 valence electrons. The van der Waals surface area contributed by atoms with E-state index in [1.165, 1.54) is 17.5 Å². The van der Waals surface area contributed by atoms with Gasteiger partial charge in [0.25, 0.3) is 0 Å².